The molecule has 0 saturated heterocycles. The van der Waals surface area contributed by atoms with Crippen molar-refractivity contribution in [3.8, 4) is 12.3 Å². The van der Waals surface area contributed by atoms with Gasteiger partial charge in [-0.15, -0.1) is 12.3 Å². The number of carbonyl (C=O) groups excluding carboxylic acids is 1. The van der Waals surface area contributed by atoms with E-state index in [1.54, 1.807) is 0 Å². The summed E-state index contributed by atoms with van der Waals surface area (Å²) in [5, 5.41) is 6.03. The molecule has 15 heavy (non-hydrogen) atoms. The first kappa shape index (κ1) is 14.0. The minimum absolute atomic E-state index is 0.00650. The summed E-state index contributed by atoms with van der Waals surface area (Å²) in [4.78, 5) is 11.5. The Bertz CT molecular complexity index is 235. The molecule has 1 amide bonds. The van der Waals surface area contributed by atoms with Crippen molar-refractivity contribution in [1.29, 1.82) is 0 Å². The van der Waals surface area contributed by atoms with Gasteiger partial charge in [0.15, 0.2) is 0 Å². The molecule has 0 spiro atoms. The van der Waals surface area contributed by atoms with Gasteiger partial charge >= 0.3 is 0 Å². The van der Waals surface area contributed by atoms with E-state index in [-0.39, 0.29) is 17.5 Å². The van der Waals surface area contributed by atoms with Gasteiger partial charge in [-0.05, 0) is 27.2 Å². The highest BCUT2D eigenvalue weighted by molar-refractivity contribution is 5.78. The summed E-state index contributed by atoms with van der Waals surface area (Å²) in [6.07, 6.45) is 6.67. The summed E-state index contributed by atoms with van der Waals surface area (Å²) in [7, 11) is 0. The number of hydrogen-bond acceptors (Lipinski definition) is 2. The van der Waals surface area contributed by atoms with Gasteiger partial charge in [0.2, 0.25) is 5.91 Å². The first-order chi connectivity index (χ1) is 6.89. The summed E-state index contributed by atoms with van der Waals surface area (Å²) < 4.78 is 0. The third-order valence-electron chi connectivity index (χ3n) is 2.00. The lowest BCUT2D eigenvalue weighted by atomic mass is 10.1. The largest absolute Gasteiger partial charge is 0.351 e. The molecule has 0 aliphatic heterocycles. The van der Waals surface area contributed by atoms with Gasteiger partial charge in [-0.1, -0.05) is 6.92 Å². The Hall–Kier alpha value is -1.01. The van der Waals surface area contributed by atoms with Crippen LogP contribution in [-0.2, 0) is 4.79 Å². The van der Waals surface area contributed by atoms with E-state index >= 15 is 0 Å². The number of nitrogens with one attached hydrogen (secondary N) is 2. The molecular formula is C12H22N2O. The lowest BCUT2D eigenvalue weighted by Crippen LogP contribution is -2.45. The van der Waals surface area contributed by atoms with E-state index in [1.165, 1.54) is 0 Å². The van der Waals surface area contributed by atoms with E-state index < -0.39 is 0 Å². The van der Waals surface area contributed by atoms with Crippen molar-refractivity contribution in [2.24, 2.45) is 0 Å². The Kier molecular flexibility index (Phi) is 6.03. The van der Waals surface area contributed by atoms with Crippen LogP contribution in [0, 0.1) is 12.3 Å². The van der Waals surface area contributed by atoms with E-state index in [9.17, 15) is 4.79 Å². The lowest BCUT2D eigenvalue weighted by molar-refractivity contribution is -0.121. The summed E-state index contributed by atoms with van der Waals surface area (Å²) in [5.41, 5.74) is -0.0365. The number of carbonyl (C=O) groups is 1. The summed E-state index contributed by atoms with van der Waals surface area (Å²) >= 11 is 0. The predicted molar refractivity (Wildman–Crippen MR) is 63.4 cm³/mol. The molecule has 0 aromatic rings. The molecule has 0 radical (unpaired) electrons. The SMILES string of the molecule is C#CCC(CC)NC(=O)CNC(C)(C)C. The molecule has 0 rings (SSSR count). The van der Waals surface area contributed by atoms with Crippen LogP contribution in [0.2, 0.25) is 0 Å². The van der Waals surface area contributed by atoms with Gasteiger partial charge in [0.1, 0.15) is 0 Å². The fourth-order valence-electron chi connectivity index (χ4n) is 1.06. The maximum Gasteiger partial charge on any atom is 0.234 e. The minimum atomic E-state index is -0.0365. The monoisotopic (exact) mass is 210 g/mol. The van der Waals surface area contributed by atoms with Crippen molar-refractivity contribution in [3.63, 3.8) is 0 Å². The van der Waals surface area contributed by atoms with Gasteiger partial charge < -0.3 is 10.6 Å². The maximum absolute atomic E-state index is 11.5. The second-order valence-corrected chi connectivity index (χ2v) is 4.68. The Balaban J connectivity index is 3.87. The molecule has 1 atom stereocenters. The smallest absolute Gasteiger partial charge is 0.234 e. The molecule has 0 heterocycles. The second-order valence-electron chi connectivity index (χ2n) is 4.68. The zero-order valence-electron chi connectivity index (χ0n) is 10.2. The number of amides is 1. The fourth-order valence-corrected chi connectivity index (χ4v) is 1.06. The Morgan fingerprint density at radius 1 is 1.47 bits per heavy atom. The van der Waals surface area contributed by atoms with E-state index in [2.05, 4.69) is 16.6 Å². The van der Waals surface area contributed by atoms with Crippen LogP contribution < -0.4 is 10.6 Å². The van der Waals surface area contributed by atoms with Gasteiger partial charge in [0, 0.05) is 18.0 Å². The van der Waals surface area contributed by atoms with E-state index in [0.29, 0.717) is 13.0 Å². The molecule has 0 aliphatic rings. The van der Waals surface area contributed by atoms with Gasteiger partial charge in [0.05, 0.1) is 6.54 Å². The molecule has 0 fully saturated rings. The van der Waals surface area contributed by atoms with Crippen LogP contribution in [0.25, 0.3) is 0 Å². The van der Waals surface area contributed by atoms with E-state index in [4.69, 9.17) is 6.42 Å². The van der Waals surface area contributed by atoms with Gasteiger partial charge in [-0.3, -0.25) is 4.79 Å². The fraction of sp³-hybridized carbons (Fsp3) is 0.750. The van der Waals surface area contributed by atoms with Crippen LogP contribution in [-0.4, -0.2) is 24.0 Å². The Morgan fingerprint density at radius 2 is 2.07 bits per heavy atom. The molecule has 0 bridgehead atoms. The summed E-state index contributed by atoms with van der Waals surface area (Å²) in [5.74, 6) is 2.57. The maximum atomic E-state index is 11.5. The normalized spacial score (nSPS) is 13.0. The lowest BCUT2D eigenvalue weighted by Gasteiger charge is -2.21. The van der Waals surface area contributed by atoms with E-state index in [0.717, 1.165) is 6.42 Å². The van der Waals surface area contributed by atoms with Crippen molar-refractivity contribution < 1.29 is 4.79 Å². The molecule has 0 aliphatic carbocycles. The van der Waals surface area contributed by atoms with Crippen LogP contribution >= 0.6 is 0 Å². The number of hydrogen-bond donors (Lipinski definition) is 2. The van der Waals surface area contributed by atoms with Crippen molar-refractivity contribution in [2.75, 3.05) is 6.54 Å². The molecule has 0 aromatic heterocycles. The standard InChI is InChI=1S/C12H22N2O/c1-6-8-10(7-2)14-11(15)9-13-12(3,4)5/h1,10,13H,7-9H2,2-5H3,(H,14,15). The molecule has 2 N–H and O–H groups in total. The zero-order valence-corrected chi connectivity index (χ0v) is 10.2. The Labute approximate surface area is 93.0 Å². The van der Waals surface area contributed by atoms with Crippen LogP contribution in [0.15, 0.2) is 0 Å². The minimum Gasteiger partial charge on any atom is -0.351 e. The average molecular weight is 210 g/mol. The van der Waals surface area contributed by atoms with Crippen LogP contribution in [0.4, 0.5) is 0 Å². The van der Waals surface area contributed by atoms with Crippen molar-refractivity contribution >= 4 is 5.91 Å². The quantitative estimate of drug-likeness (QED) is 0.671. The first-order valence-corrected chi connectivity index (χ1v) is 5.37. The van der Waals surface area contributed by atoms with Gasteiger partial charge in [0.25, 0.3) is 0 Å². The van der Waals surface area contributed by atoms with Crippen molar-refractivity contribution in [1.82, 2.24) is 10.6 Å². The van der Waals surface area contributed by atoms with Crippen LogP contribution in [0.1, 0.15) is 40.5 Å². The molecule has 1 unspecified atom stereocenters. The van der Waals surface area contributed by atoms with Crippen LogP contribution in [0.3, 0.4) is 0 Å². The molecule has 0 saturated carbocycles. The van der Waals surface area contributed by atoms with Gasteiger partial charge in [-0.25, -0.2) is 0 Å². The Morgan fingerprint density at radius 3 is 2.47 bits per heavy atom. The number of rotatable bonds is 5. The summed E-state index contributed by atoms with van der Waals surface area (Å²) in [6.45, 7) is 8.43. The van der Waals surface area contributed by atoms with Crippen LogP contribution in [0.5, 0.6) is 0 Å². The van der Waals surface area contributed by atoms with Crippen molar-refractivity contribution in [2.45, 2.75) is 52.1 Å². The molecular weight excluding hydrogens is 188 g/mol. The van der Waals surface area contributed by atoms with Gasteiger partial charge in [-0.2, -0.15) is 0 Å². The molecule has 86 valence electrons. The average Bonchev–Trinajstić information content (AvgIpc) is 2.13. The zero-order chi connectivity index (χ0) is 11.9. The van der Waals surface area contributed by atoms with Crippen molar-refractivity contribution in [3.05, 3.63) is 0 Å². The molecule has 3 heteroatoms. The molecule has 0 aromatic carbocycles. The predicted octanol–water partition coefficient (Wildman–Crippen LogP) is 1.29. The topological polar surface area (TPSA) is 41.1 Å². The third-order valence-corrected chi connectivity index (χ3v) is 2.00. The first-order valence-electron chi connectivity index (χ1n) is 5.37. The highest BCUT2D eigenvalue weighted by atomic mass is 16.1. The number of terminal acetylenes is 1. The van der Waals surface area contributed by atoms with E-state index in [1.807, 2.05) is 27.7 Å². The molecule has 3 nitrogen and oxygen atoms in total. The second kappa shape index (κ2) is 6.47. The third kappa shape index (κ3) is 8.02. The highest BCUT2D eigenvalue weighted by Crippen LogP contribution is 1.98. The highest BCUT2D eigenvalue weighted by Gasteiger charge is 2.13. The summed E-state index contributed by atoms with van der Waals surface area (Å²) in [6, 6.07) is 0.101.